The summed E-state index contributed by atoms with van der Waals surface area (Å²) >= 11 is 1.28. The monoisotopic (exact) mass is 221 g/mol. The first-order chi connectivity index (χ1) is 5.97. The highest BCUT2D eigenvalue weighted by Crippen LogP contribution is 2.16. The fraction of sp³-hybridized carbons (Fsp3) is 0.333. The summed E-state index contributed by atoms with van der Waals surface area (Å²) in [5.41, 5.74) is -0.413. The number of hydrogen-bond donors (Lipinski definition) is 1. The average molecular weight is 221 g/mol. The lowest BCUT2D eigenvalue weighted by Gasteiger charge is -1.94. The van der Waals surface area contributed by atoms with E-state index in [4.69, 9.17) is 5.11 Å². The van der Waals surface area contributed by atoms with Crippen molar-refractivity contribution in [3.05, 3.63) is 11.1 Å². The highest BCUT2D eigenvalue weighted by molar-refractivity contribution is 8.12. The van der Waals surface area contributed by atoms with Gasteiger partial charge in [0.2, 0.25) is 9.84 Å². The topological polar surface area (TPSA) is 83.8 Å². The van der Waals surface area contributed by atoms with Crippen LogP contribution in [0.25, 0.3) is 0 Å². The van der Waals surface area contributed by atoms with E-state index in [-0.39, 0.29) is 10.8 Å². The lowest BCUT2D eigenvalue weighted by Crippen LogP contribution is -2.10. The van der Waals surface area contributed by atoms with E-state index in [1.165, 1.54) is 11.8 Å². The second-order valence-corrected chi connectivity index (χ2v) is 4.95. The van der Waals surface area contributed by atoms with Crippen LogP contribution in [0.2, 0.25) is 0 Å². The number of rotatable bonds is 3. The van der Waals surface area contributed by atoms with E-state index in [2.05, 4.69) is 4.99 Å². The number of carboxylic acid groups (broad SMARTS) is 1. The Bertz CT molecular complexity index is 393. The van der Waals surface area contributed by atoms with E-state index in [1.807, 2.05) is 0 Å². The van der Waals surface area contributed by atoms with Gasteiger partial charge in [-0.15, -0.1) is 0 Å². The van der Waals surface area contributed by atoms with Gasteiger partial charge in [0, 0.05) is 5.75 Å². The van der Waals surface area contributed by atoms with Gasteiger partial charge in [0.1, 0.15) is 5.04 Å². The van der Waals surface area contributed by atoms with Crippen LogP contribution in [0.3, 0.4) is 0 Å². The maximum absolute atomic E-state index is 11.2. The Balaban J connectivity index is 3.05. The van der Waals surface area contributed by atoms with E-state index in [0.717, 1.165) is 0 Å². The van der Waals surface area contributed by atoms with Gasteiger partial charge in [-0.25, -0.2) is 18.2 Å². The molecule has 0 aromatic rings. The Morgan fingerprint density at radius 1 is 1.69 bits per heavy atom. The summed E-state index contributed by atoms with van der Waals surface area (Å²) in [5.74, 6) is -1.12. The molecule has 5 nitrogen and oxygen atoms in total. The summed E-state index contributed by atoms with van der Waals surface area (Å²) in [6, 6.07) is 0. The number of aliphatic carboxylic acids is 1. The lowest BCUT2D eigenvalue weighted by atomic mass is 10.5. The molecule has 13 heavy (non-hydrogen) atoms. The predicted molar refractivity (Wildman–Crippen MR) is 50.5 cm³/mol. The molecule has 0 amide bonds. The van der Waals surface area contributed by atoms with Crippen LogP contribution >= 0.6 is 11.8 Å². The molecule has 72 valence electrons. The zero-order valence-corrected chi connectivity index (χ0v) is 8.35. The van der Waals surface area contributed by atoms with Crippen molar-refractivity contribution < 1.29 is 18.3 Å². The number of sulfone groups is 1. The van der Waals surface area contributed by atoms with E-state index >= 15 is 0 Å². The Morgan fingerprint density at radius 3 is 2.69 bits per heavy atom. The van der Waals surface area contributed by atoms with Crippen molar-refractivity contribution in [2.75, 3.05) is 12.0 Å². The minimum atomic E-state index is -3.56. The van der Waals surface area contributed by atoms with Crippen LogP contribution in [0.4, 0.5) is 0 Å². The van der Waals surface area contributed by atoms with Gasteiger partial charge in [0.25, 0.3) is 0 Å². The van der Waals surface area contributed by atoms with Gasteiger partial charge in [0.15, 0.2) is 5.70 Å². The normalized spacial score (nSPS) is 19.5. The van der Waals surface area contributed by atoms with E-state index in [0.29, 0.717) is 5.41 Å². The molecule has 0 spiro atoms. The van der Waals surface area contributed by atoms with Gasteiger partial charge in [-0.1, -0.05) is 0 Å². The van der Waals surface area contributed by atoms with Gasteiger partial charge in [-0.05, 0) is 6.26 Å². The number of thioether (sulfide) groups is 1. The van der Waals surface area contributed by atoms with Gasteiger partial charge >= 0.3 is 5.97 Å². The van der Waals surface area contributed by atoms with Crippen molar-refractivity contribution >= 4 is 32.6 Å². The molecule has 1 rings (SSSR count). The first-order valence-corrected chi connectivity index (χ1v) is 6.18. The van der Waals surface area contributed by atoms with Gasteiger partial charge in [-0.3, -0.25) is 0 Å². The van der Waals surface area contributed by atoms with Crippen LogP contribution in [0.15, 0.2) is 16.1 Å². The van der Waals surface area contributed by atoms with Gasteiger partial charge < -0.3 is 5.11 Å². The van der Waals surface area contributed by atoms with Crippen molar-refractivity contribution in [3.8, 4) is 0 Å². The summed E-state index contributed by atoms with van der Waals surface area (Å²) in [6.45, 7) is 0. The van der Waals surface area contributed by atoms with Crippen LogP contribution < -0.4 is 0 Å². The molecule has 0 aromatic heterocycles. The molecule has 0 atom stereocenters. The molecule has 1 heterocycles. The molecule has 0 unspecified atom stereocenters. The molecule has 0 saturated carbocycles. The molecule has 7 heteroatoms. The molecule has 0 saturated heterocycles. The molecule has 1 aliphatic heterocycles. The van der Waals surface area contributed by atoms with Crippen LogP contribution in [-0.2, 0) is 14.6 Å². The number of hydrogen-bond acceptors (Lipinski definition) is 5. The zero-order chi connectivity index (χ0) is 10.1. The highest BCUT2D eigenvalue weighted by atomic mass is 32.2. The van der Waals surface area contributed by atoms with Gasteiger partial charge in [0.05, 0.1) is 5.41 Å². The van der Waals surface area contributed by atoms with Crippen molar-refractivity contribution in [3.63, 3.8) is 0 Å². The maximum Gasteiger partial charge on any atom is 0.355 e. The quantitative estimate of drug-likeness (QED) is 0.730. The Hall–Kier alpha value is -0.820. The highest BCUT2D eigenvalue weighted by Gasteiger charge is 2.27. The Morgan fingerprint density at radius 2 is 2.31 bits per heavy atom. The molecule has 0 fully saturated rings. The Labute approximate surface area is 79.5 Å². The summed E-state index contributed by atoms with van der Waals surface area (Å²) in [4.78, 5) is 13.9. The summed E-state index contributed by atoms with van der Waals surface area (Å²) in [7, 11) is -3.56. The fourth-order valence-corrected chi connectivity index (χ4v) is 2.91. The largest absolute Gasteiger partial charge is 0.476 e. The second-order valence-electron chi connectivity index (χ2n) is 2.29. The number of aliphatic imine (C=N–C) groups is 1. The van der Waals surface area contributed by atoms with E-state index in [1.54, 1.807) is 6.26 Å². The van der Waals surface area contributed by atoms with Crippen LogP contribution in [0, 0.1) is 0 Å². The van der Waals surface area contributed by atoms with Crippen molar-refractivity contribution in [2.24, 2.45) is 4.99 Å². The SMILES string of the molecule is CSCC1=NC(C(=O)O)=CS1(=O)=O. The third kappa shape index (κ3) is 2.10. The first-order valence-electron chi connectivity index (χ1n) is 3.24. The van der Waals surface area contributed by atoms with Crippen molar-refractivity contribution in [2.45, 2.75) is 0 Å². The molecule has 0 aliphatic carbocycles. The molecule has 0 bridgehead atoms. The molecule has 0 aromatic carbocycles. The number of carbonyl (C=O) groups is 1. The lowest BCUT2D eigenvalue weighted by molar-refractivity contribution is -0.132. The number of carboxylic acids is 1. The number of nitrogens with zero attached hydrogens (tertiary/aromatic N) is 1. The minimum absolute atomic E-state index is 0.0857. The molecule has 0 radical (unpaired) electrons. The third-order valence-electron chi connectivity index (χ3n) is 1.33. The third-order valence-corrected chi connectivity index (χ3v) is 3.50. The summed E-state index contributed by atoms with van der Waals surface area (Å²) in [5, 5.41) is 9.08. The molecular formula is C6H7NO4S2. The summed E-state index contributed by atoms with van der Waals surface area (Å²) < 4.78 is 22.4. The Kier molecular flexibility index (Phi) is 2.77. The summed E-state index contributed by atoms with van der Waals surface area (Å²) in [6.07, 6.45) is 1.72. The predicted octanol–water partition coefficient (Wildman–Crippen LogP) is 0.102. The fourth-order valence-electron chi connectivity index (χ4n) is 0.775. The minimum Gasteiger partial charge on any atom is -0.476 e. The van der Waals surface area contributed by atoms with Crippen LogP contribution in [-0.4, -0.2) is 36.5 Å². The first kappa shape index (κ1) is 10.3. The van der Waals surface area contributed by atoms with E-state index in [9.17, 15) is 13.2 Å². The standard InChI is InChI=1S/C6H7NO4S2/c1-12-2-5-7-4(6(8)9)3-13(5,10)11/h3H,2H2,1H3,(H,8,9). The zero-order valence-electron chi connectivity index (χ0n) is 6.72. The maximum atomic E-state index is 11.2. The van der Waals surface area contributed by atoms with E-state index < -0.39 is 21.5 Å². The molecule has 1 N–H and O–H groups in total. The van der Waals surface area contributed by atoms with Crippen LogP contribution in [0.1, 0.15) is 0 Å². The molecular weight excluding hydrogens is 214 g/mol. The second kappa shape index (κ2) is 3.51. The molecule has 1 aliphatic rings. The average Bonchev–Trinajstić information content (AvgIpc) is 2.28. The van der Waals surface area contributed by atoms with Crippen LogP contribution in [0.5, 0.6) is 0 Å². The van der Waals surface area contributed by atoms with Crippen molar-refractivity contribution in [1.82, 2.24) is 0 Å². The van der Waals surface area contributed by atoms with Gasteiger partial charge in [-0.2, -0.15) is 11.8 Å². The van der Waals surface area contributed by atoms with Crippen molar-refractivity contribution in [1.29, 1.82) is 0 Å². The smallest absolute Gasteiger partial charge is 0.355 e.